The van der Waals surface area contributed by atoms with Crippen molar-refractivity contribution < 1.29 is 24.2 Å². The Morgan fingerprint density at radius 3 is 2.17 bits per heavy atom. The zero-order valence-electron chi connectivity index (χ0n) is 22.6. The lowest BCUT2D eigenvalue weighted by Gasteiger charge is -2.20. The second kappa shape index (κ2) is 19.5. The highest BCUT2D eigenvalue weighted by Gasteiger charge is 2.36. The first-order chi connectivity index (χ1) is 16.8. The van der Waals surface area contributed by atoms with Gasteiger partial charge in [-0.25, -0.2) is 0 Å². The molecule has 8 heteroatoms. The number of hydrogen-bond acceptors (Lipinski definition) is 6. The maximum atomic E-state index is 12.1. The van der Waals surface area contributed by atoms with Crippen LogP contribution in [0.5, 0.6) is 0 Å². The number of carboxylic acid groups (broad SMARTS) is 1. The van der Waals surface area contributed by atoms with E-state index in [1.165, 1.54) is 44.9 Å². The minimum Gasteiger partial charge on any atom is -0.480 e. The van der Waals surface area contributed by atoms with Crippen molar-refractivity contribution in [3.8, 4) is 0 Å². The molecule has 8 nitrogen and oxygen atoms in total. The van der Waals surface area contributed by atoms with Gasteiger partial charge >= 0.3 is 11.9 Å². The Hall–Kier alpha value is -1.67. The zero-order chi connectivity index (χ0) is 25.9. The molecule has 0 bridgehead atoms. The lowest BCUT2D eigenvalue weighted by atomic mass is 10.1. The van der Waals surface area contributed by atoms with Crippen LogP contribution in [0.3, 0.4) is 0 Å². The number of carboxylic acids is 1. The van der Waals surface area contributed by atoms with Crippen LogP contribution < -0.4 is 5.32 Å². The van der Waals surface area contributed by atoms with E-state index in [2.05, 4.69) is 12.2 Å². The topological polar surface area (TPSA) is 99.2 Å². The Labute approximate surface area is 213 Å². The van der Waals surface area contributed by atoms with Crippen molar-refractivity contribution in [3.05, 3.63) is 0 Å². The molecule has 1 aliphatic rings. The molecule has 2 atom stereocenters. The second-order valence-electron chi connectivity index (χ2n) is 10.3. The van der Waals surface area contributed by atoms with Crippen LogP contribution in [0.4, 0.5) is 0 Å². The third-order valence-electron chi connectivity index (χ3n) is 6.68. The molecule has 0 unspecified atom stereocenters. The molecule has 204 valence electrons. The molecule has 0 aromatic carbocycles. The van der Waals surface area contributed by atoms with Gasteiger partial charge in [0, 0.05) is 32.0 Å². The Morgan fingerprint density at radius 1 is 0.914 bits per heavy atom. The van der Waals surface area contributed by atoms with E-state index in [1.807, 2.05) is 23.9 Å². The molecule has 0 aromatic rings. The van der Waals surface area contributed by atoms with Gasteiger partial charge in [0.15, 0.2) is 0 Å². The van der Waals surface area contributed by atoms with Gasteiger partial charge in [0.25, 0.3) is 0 Å². The first-order valence-electron chi connectivity index (χ1n) is 13.9. The van der Waals surface area contributed by atoms with E-state index in [-0.39, 0.29) is 17.9 Å². The summed E-state index contributed by atoms with van der Waals surface area (Å²) in [5, 5.41) is 12.5. The quantitative estimate of drug-likeness (QED) is 0.181. The standard InChI is InChI=1S/C27H51N3O5/c1-4-5-6-7-8-9-10-11-15-20-35-26(32)16-13-12-14-18-30-22-23(21-24(30)27(33)34)28-25(31)17-19-29(2)3/h23-24H,4-22H2,1-3H3,(H,28,31)(H,33,34)/t23-,24-/m0/s1. The number of esters is 1. The van der Waals surface area contributed by atoms with Crippen LogP contribution in [0.2, 0.25) is 0 Å². The number of likely N-dealkylation sites (tertiary alicyclic amines) is 1. The van der Waals surface area contributed by atoms with Crippen LogP contribution in [0.25, 0.3) is 0 Å². The van der Waals surface area contributed by atoms with Crippen molar-refractivity contribution in [3.63, 3.8) is 0 Å². The van der Waals surface area contributed by atoms with Crippen molar-refractivity contribution in [2.75, 3.05) is 40.3 Å². The molecule has 1 rings (SSSR count). The summed E-state index contributed by atoms with van der Waals surface area (Å²) in [6, 6.07) is -0.683. The third kappa shape index (κ3) is 15.8. The van der Waals surface area contributed by atoms with E-state index < -0.39 is 12.0 Å². The molecule has 1 aliphatic heterocycles. The Kier molecular flexibility index (Phi) is 17.5. The van der Waals surface area contributed by atoms with Crippen LogP contribution in [0.15, 0.2) is 0 Å². The molecular weight excluding hydrogens is 446 g/mol. The average Bonchev–Trinajstić information content (AvgIpc) is 3.21. The first kappa shape index (κ1) is 31.4. The lowest BCUT2D eigenvalue weighted by Crippen LogP contribution is -2.38. The summed E-state index contributed by atoms with van der Waals surface area (Å²) in [5.74, 6) is -1.000. The SMILES string of the molecule is CCCCCCCCCCCOC(=O)CCCCCN1C[C@@H](NC(=O)CCN(C)C)C[C@H]1C(=O)O. The number of aliphatic carboxylic acids is 1. The lowest BCUT2D eigenvalue weighted by molar-refractivity contribution is -0.144. The Bertz CT molecular complexity index is 599. The smallest absolute Gasteiger partial charge is 0.321 e. The van der Waals surface area contributed by atoms with E-state index in [1.54, 1.807) is 0 Å². The van der Waals surface area contributed by atoms with Crippen LogP contribution >= 0.6 is 0 Å². The third-order valence-corrected chi connectivity index (χ3v) is 6.68. The summed E-state index contributed by atoms with van der Waals surface area (Å²) in [7, 11) is 3.84. The molecule has 2 N–H and O–H groups in total. The molecule has 0 spiro atoms. The summed E-state index contributed by atoms with van der Waals surface area (Å²) in [5.41, 5.74) is 0. The Morgan fingerprint density at radius 2 is 1.54 bits per heavy atom. The molecule has 0 saturated carbocycles. The number of amides is 1. The minimum atomic E-state index is -0.838. The summed E-state index contributed by atoms with van der Waals surface area (Å²) in [6.45, 7) is 4.65. The monoisotopic (exact) mass is 497 g/mol. The highest BCUT2D eigenvalue weighted by molar-refractivity contribution is 5.77. The molecule has 0 aromatic heterocycles. The number of nitrogens with zero attached hydrogens (tertiary/aromatic N) is 2. The molecular formula is C27H51N3O5. The van der Waals surface area contributed by atoms with Gasteiger partial charge in [0.05, 0.1) is 6.61 Å². The molecule has 0 aliphatic carbocycles. The van der Waals surface area contributed by atoms with Gasteiger partial charge in [-0.2, -0.15) is 0 Å². The van der Waals surface area contributed by atoms with Crippen molar-refractivity contribution in [1.82, 2.24) is 15.1 Å². The predicted molar refractivity (Wildman–Crippen MR) is 139 cm³/mol. The fraction of sp³-hybridized carbons (Fsp3) is 0.889. The predicted octanol–water partition coefficient (Wildman–Crippen LogP) is 4.22. The summed E-state index contributed by atoms with van der Waals surface area (Å²) >= 11 is 0. The van der Waals surface area contributed by atoms with Gasteiger partial charge in [0.1, 0.15) is 6.04 Å². The van der Waals surface area contributed by atoms with Crippen molar-refractivity contribution in [2.45, 2.75) is 115 Å². The highest BCUT2D eigenvalue weighted by atomic mass is 16.5. The first-order valence-corrected chi connectivity index (χ1v) is 13.9. The number of hydrogen-bond donors (Lipinski definition) is 2. The second-order valence-corrected chi connectivity index (χ2v) is 10.3. The van der Waals surface area contributed by atoms with E-state index in [9.17, 15) is 19.5 Å². The van der Waals surface area contributed by atoms with Gasteiger partial charge in [-0.15, -0.1) is 0 Å². The van der Waals surface area contributed by atoms with Gasteiger partial charge in [0.2, 0.25) is 5.91 Å². The summed E-state index contributed by atoms with van der Waals surface area (Å²) < 4.78 is 5.35. The number of rotatable bonds is 21. The van der Waals surface area contributed by atoms with E-state index in [0.717, 1.165) is 32.1 Å². The fourth-order valence-corrected chi connectivity index (χ4v) is 4.57. The minimum absolute atomic E-state index is 0.0318. The van der Waals surface area contributed by atoms with Crippen molar-refractivity contribution in [2.24, 2.45) is 0 Å². The molecule has 1 amide bonds. The largest absolute Gasteiger partial charge is 0.480 e. The maximum absolute atomic E-state index is 12.1. The summed E-state index contributed by atoms with van der Waals surface area (Å²) in [4.78, 5) is 39.6. The van der Waals surface area contributed by atoms with E-state index >= 15 is 0 Å². The van der Waals surface area contributed by atoms with Crippen molar-refractivity contribution >= 4 is 17.8 Å². The Balaban J connectivity index is 2.08. The van der Waals surface area contributed by atoms with Crippen molar-refractivity contribution in [1.29, 1.82) is 0 Å². The van der Waals surface area contributed by atoms with Gasteiger partial charge in [-0.05, 0) is 46.3 Å². The van der Waals surface area contributed by atoms with E-state index in [0.29, 0.717) is 45.5 Å². The normalized spacial score (nSPS) is 18.2. The summed E-state index contributed by atoms with van der Waals surface area (Å²) in [6.07, 6.45) is 14.9. The van der Waals surface area contributed by atoms with Gasteiger partial charge in [-0.3, -0.25) is 19.3 Å². The van der Waals surface area contributed by atoms with E-state index in [4.69, 9.17) is 4.74 Å². The number of nitrogens with one attached hydrogen (secondary N) is 1. The molecule has 1 fully saturated rings. The highest BCUT2D eigenvalue weighted by Crippen LogP contribution is 2.19. The molecule has 1 heterocycles. The number of carbonyl (C=O) groups is 3. The van der Waals surface area contributed by atoms with Crippen LogP contribution in [0, 0.1) is 0 Å². The maximum Gasteiger partial charge on any atom is 0.321 e. The molecule has 0 radical (unpaired) electrons. The number of unbranched alkanes of at least 4 members (excludes halogenated alkanes) is 10. The molecule has 1 saturated heterocycles. The van der Waals surface area contributed by atoms with Crippen LogP contribution in [-0.4, -0.2) is 85.2 Å². The van der Waals surface area contributed by atoms with Crippen LogP contribution in [-0.2, 0) is 19.1 Å². The molecule has 35 heavy (non-hydrogen) atoms. The fourth-order valence-electron chi connectivity index (χ4n) is 4.57. The number of ether oxygens (including phenoxy) is 1. The average molecular weight is 498 g/mol. The van der Waals surface area contributed by atoms with Crippen LogP contribution in [0.1, 0.15) is 103 Å². The zero-order valence-corrected chi connectivity index (χ0v) is 22.6. The number of carbonyl (C=O) groups excluding carboxylic acids is 2. The van der Waals surface area contributed by atoms with Gasteiger partial charge < -0.3 is 20.1 Å². The van der Waals surface area contributed by atoms with Gasteiger partial charge in [-0.1, -0.05) is 64.7 Å².